The van der Waals surface area contributed by atoms with Crippen LogP contribution in [0.2, 0.25) is 0 Å². The Hall–Kier alpha value is -1.12. The van der Waals surface area contributed by atoms with E-state index in [1.807, 2.05) is 12.2 Å². The van der Waals surface area contributed by atoms with Crippen LogP contribution in [-0.4, -0.2) is 16.9 Å². The minimum absolute atomic E-state index is 0.0178. The van der Waals surface area contributed by atoms with Gasteiger partial charge in [0.1, 0.15) is 5.78 Å². The Morgan fingerprint density at radius 3 is 2.15 bits per heavy atom. The second-order valence-electron chi connectivity index (χ2n) is 3.95. The molecule has 1 fully saturated rings. The third kappa shape index (κ3) is 1.10. The zero-order chi connectivity index (χ0) is 9.59. The number of allylic oxidation sites excluding steroid dienone is 2. The van der Waals surface area contributed by atoms with Crippen LogP contribution in [0.25, 0.3) is 0 Å². The van der Waals surface area contributed by atoms with Gasteiger partial charge in [-0.3, -0.25) is 9.59 Å². The van der Waals surface area contributed by atoms with E-state index in [1.165, 1.54) is 6.92 Å². The summed E-state index contributed by atoms with van der Waals surface area (Å²) < 4.78 is 0. The molecule has 0 aromatic rings. The average molecular weight is 180 g/mol. The van der Waals surface area contributed by atoms with Gasteiger partial charge in [-0.1, -0.05) is 12.2 Å². The summed E-state index contributed by atoms with van der Waals surface area (Å²) in [4.78, 5) is 22.2. The molecule has 3 nitrogen and oxygen atoms in total. The highest BCUT2D eigenvalue weighted by molar-refractivity contribution is 5.86. The lowest BCUT2D eigenvalue weighted by atomic mass is 9.81. The molecule has 13 heavy (non-hydrogen) atoms. The number of carbonyl (C=O) groups excluding carboxylic acids is 1. The van der Waals surface area contributed by atoms with E-state index in [9.17, 15) is 9.59 Å². The summed E-state index contributed by atoms with van der Waals surface area (Å²) in [7, 11) is 0. The van der Waals surface area contributed by atoms with Crippen LogP contribution in [0.5, 0.6) is 0 Å². The fourth-order valence-electron chi connectivity index (χ4n) is 2.71. The first-order valence-corrected chi connectivity index (χ1v) is 4.53. The largest absolute Gasteiger partial charge is 0.481 e. The molecule has 2 unspecified atom stereocenters. The van der Waals surface area contributed by atoms with Gasteiger partial charge in [0.15, 0.2) is 0 Å². The molecule has 0 aliphatic heterocycles. The fourth-order valence-corrected chi connectivity index (χ4v) is 2.71. The molecule has 0 amide bonds. The fraction of sp³-hybridized carbons (Fsp3) is 0.600. The van der Waals surface area contributed by atoms with Gasteiger partial charge in [0, 0.05) is 5.92 Å². The van der Waals surface area contributed by atoms with Gasteiger partial charge in [0.25, 0.3) is 0 Å². The summed E-state index contributed by atoms with van der Waals surface area (Å²) in [5, 5.41) is 8.97. The normalized spacial score (nSPS) is 41.0. The van der Waals surface area contributed by atoms with Crippen LogP contribution in [0.4, 0.5) is 0 Å². The van der Waals surface area contributed by atoms with Crippen LogP contribution >= 0.6 is 0 Å². The van der Waals surface area contributed by atoms with Gasteiger partial charge in [-0.2, -0.15) is 0 Å². The van der Waals surface area contributed by atoms with Crippen molar-refractivity contribution in [1.82, 2.24) is 0 Å². The van der Waals surface area contributed by atoms with Crippen molar-refractivity contribution in [3.05, 3.63) is 12.2 Å². The Balaban J connectivity index is 2.30. The van der Waals surface area contributed by atoms with Gasteiger partial charge < -0.3 is 5.11 Å². The first-order chi connectivity index (χ1) is 6.11. The number of carboxylic acids is 1. The molecule has 3 heteroatoms. The zero-order valence-corrected chi connectivity index (χ0v) is 7.43. The summed E-state index contributed by atoms with van der Waals surface area (Å²) >= 11 is 0. The van der Waals surface area contributed by atoms with Gasteiger partial charge in [-0.25, -0.2) is 0 Å². The van der Waals surface area contributed by atoms with Gasteiger partial charge in [-0.05, 0) is 25.2 Å². The van der Waals surface area contributed by atoms with Gasteiger partial charge in [0.05, 0.1) is 5.92 Å². The summed E-state index contributed by atoms with van der Waals surface area (Å²) in [5.41, 5.74) is 0. The Kier molecular flexibility index (Phi) is 1.75. The number of carbonyl (C=O) groups is 2. The minimum Gasteiger partial charge on any atom is -0.481 e. The minimum atomic E-state index is -0.822. The van der Waals surface area contributed by atoms with Gasteiger partial charge >= 0.3 is 5.97 Å². The molecule has 0 aromatic carbocycles. The van der Waals surface area contributed by atoms with Gasteiger partial charge in [-0.15, -0.1) is 0 Å². The van der Waals surface area contributed by atoms with Gasteiger partial charge in [0.2, 0.25) is 0 Å². The number of aliphatic carboxylic acids is 1. The highest BCUT2D eigenvalue weighted by Gasteiger charge is 2.50. The van der Waals surface area contributed by atoms with E-state index < -0.39 is 11.9 Å². The highest BCUT2D eigenvalue weighted by atomic mass is 16.4. The van der Waals surface area contributed by atoms with Crippen molar-refractivity contribution in [2.24, 2.45) is 23.7 Å². The lowest BCUT2D eigenvalue weighted by Gasteiger charge is -2.21. The standard InChI is InChI=1S/C10H12O3/c1-5(11)8-6-2-3-7(4-6)9(8)10(12)13/h2-3,6-9H,4H2,1H3,(H,12,13)/t6?,7?,8-,9+/m1/s1. The number of ketones is 1. The molecule has 1 saturated carbocycles. The monoisotopic (exact) mass is 180 g/mol. The second kappa shape index (κ2) is 2.69. The molecule has 2 bridgehead atoms. The van der Waals surface area contributed by atoms with E-state index in [0.717, 1.165) is 6.42 Å². The number of fused-ring (bicyclic) bond motifs is 2. The summed E-state index contributed by atoms with van der Waals surface area (Å²) in [5.74, 6) is -1.26. The molecule has 70 valence electrons. The lowest BCUT2D eigenvalue weighted by molar-refractivity contribution is -0.147. The number of hydrogen-bond donors (Lipinski definition) is 1. The van der Waals surface area contributed by atoms with Crippen LogP contribution in [0.15, 0.2) is 12.2 Å². The van der Waals surface area contributed by atoms with Crippen LogP contribution in [0, 0.1) is 23.7 Å². The molecule has 1 N–H and O–H groups in total. The molecule has 0 spiro atoms. The van der Waals surface area contributed by atoms with Crippen LogP contribution in [0.3, 0.4) is 0 Å². The number of rotatable bonds is 2. The van der Waals surface area contributed by atoms with Crippen LogP contribution in [-0.2, 0) is 9.59 Å². The smallest absolute Gasteiger partial charge is 0.307 e. The van der Waals surface area contributed by atoms with Crippen LogP contribution in [0.1, 0.15) is 13.3 Å². The molecule has 0 saturated heterocycles. The topological polar surface area (TPSA) is 54.4 Å². The number of Topliss-reactive ketones (excluding diaryl/α,β-unsaturated/α-hetero) is 1. The summed E-state index contributed by atoms with van der Waals surface area (Å²) in [6.07, 6.45) is 4.79. The summed E-state index contributed by atoms with van der Waals surface area (Å²) in [6.45, 7) is 1.50. The third-order valence-electron chi connectivity index (χ3n) is 3.21. The van der Waals surface area contributed by atoms with Crippen LogP contribution < -0.4 is 0 Å². The molecule has 2 rings (SSSR count). The van der Waals surface area contributed by atoms with E-state index in [1.54, 1.807) is 0 Å². The van der Waals surface area contributed by atoms with Crippen molar-refractivity contribution in [3.63, 3.8) is 0 Å². The van der Waals surface area contributed by atoms with Crippen molar-refractivity contribution in [3.8, 4) is 0 Å². The van der Waals surface area contributed by atoms with Crippen molar-refractivity contribution in [2.45, 2.75) is 13.3 Å². The molecule has 2 aliphatic carbocycles. The predicted molar refractivity (Wildman–Crippen MR) is 46.0 cm³/mol. The molecule has 0 radical (unpaired) electrons. The SMILES string of the molecule is CC(=O)[C@@H]1C2C=CC(C2)[C@@H]1C(=O)O. The molecule has 0 heterocycles. The average Bonchev–Trinajstić information content (AvgIpc) is 2.60. The van der Waals surface area contributed by atoms with Crippen molar-refractivity contribution < 1.29 is 14.7 Å². The Bertz CT molecular complexity index is 265. The van der Waals surface area contributed by atoms with Crippen molar-refractivity contribution in [1.29, 1.82) is 0 Å². The maximum absolute atomic E-state index is 11.3. The first-order valence-electron chi connectivity index (χ1n) is 4.53. The Labute approximate surface area is 76.4 Å². The van der Waals surface area contributed by atoms with E-state index in [4.69, 9.17) is 5.11 Å². The third-order valence-corrected chi connectivity index (χ3v) is 3.21. The van der Waals surface area contributed by atoms with Crippen molar-refractivity contribution in [2.75, 3.05) is 0 Å². The highest BCUT2D eigenvalue weighted by Crippen LogP contribution is 2.48. The zero-order valence-electron chi connectivity index (χ0n) is 7.43. The van der Waals surface area contributed by atoms with E-state index >= 15 is 0 Å². The molecular formula is C10H12O3. The molecule has 0 aromatic heterocycles. The number of carboxylic acid groups (broad SMARTS) is 1. The first kappa shape index (κ1) is 8.48. The predicted octanol–water partition coefficient (Wildman–Crippen LogP) is 1.10. The maximum atomic E-state index is 11.3. The van der Waals surface area contributed by atoms with E-state index in [0.29, 0.717) is 0 Å². The van der Waals surface area contributed by atoms with Crippen molar-refractivity contribution >= 4 is 11.8 Å². The lowest BCUT2D eigenvalue weighted by Crippen LogP contribution is -2.31. The quantitative estimate of drug-likeness (QED) is 0.647. The Morgan fingerprint density at radius 1 is 1.23 bits per heavy atom. The maximum Gasteiger partial charge on any atom is 0.307 e. The number of hydrogen-bond acceptors (Lipinski definition) is 2. The molecule has 4 atom stereocenters. The second-order valence-corrected chi connectivity index (χ2v) is 3.95. The Morgan fingerprint density at radius 2 is 1.77 bits per heavy atom. The molecule has 2 aliphatic rings. The summed E-state index contributed by atoms with van der Waals surface area (Å²) in [6, 6.07) is 0. The molecular weight excluding hydrogens is 168 g/mol. The van der Waals surface area contributed by atoms with E-state index in [2.05, 4.69) is 0 Å². The van der Waals surface area contributed by atoms with E-state index in [-0.39, 0.29) is 23.5 Å².